The number of aromatic amines is 1. The number of hydrogen-bond donors (Lipinski definition) is 1. The van der Waals surface area contributed by atoms with E-state index in [0.29, 0.717) is 22.0 Å². The standard InChI is InChI=1S/C24H25N3O4S/c1-31-23(30)18-10-11-19-20(14-18)25-24(32)27(22(19)29)15-16-6-8-17(9-7-16)21(28)26-12-4-2-3-5-13-26/h6-11,14H,2-5,12-13,15H2,1H3,(H,25,32). The van der Waals surface area contributed by atoms with E-state index in [4.69, 9.17) is 17.0 Å². The maximum atomic E-state index is 13.0. The molecule has 2 heterocycles. The maximum Gasteiger partial charge on any atom is 0.337 e. The Morgan fingerprint density at radius 1 is 1.00 bits per heavy atom. The topological polar surface area (TPSA) is 84.4 Å². The van der Waals surface area contributed by atoms with Crippen LogP contribution in [0.1, 0.15) is 52.0 Å². The van der Waals surface area contributed by atoms with Gasteiger partial charge in [-0.05, 0) is 61.0 Å². The van der Waals surface area contributed by atoms with E-state index < -0.39 is 5.97 Å². The van der Waals surface area contributed by atoms with Crippen molar-refractivity contribution in [3.05, 3.63) is 74.3 Å². The largest absolute Gasteiger partial charge is 0.465 e. The van der Waals surface area contributed by atoms with Crippen LogP contribution in [0.25, 0.3) is 10.9 Å². The van der Waals surface area contributed by atoms with E-state index in [-0.39, 0.29) is 22.8 Å². The molecule has 0 aliphatic carbocycles. The molecular formula is C24H25N3O4S. The van der Waals surface area contributed by atoms with Crippen LogP contribution >= 0.6 is 12.2 Å². The molecule has 166 valence electrons. The Morgan fingerprint density at radius 3 is 2.31 bits per heavy atom. The van der Waals surface area contributed by atoms with E-state index in [0.717, 1.165) is 31.5 Å². The number of nitrogens with zero attached hydrogens (tertiary/aromatic N) is 2. The maximum absolute atomic E-state index is 13.0. The minimum atomic E-state index is -0.481. The highest BCUT2D eigenvalue weighted by Gasteiger charge is 2.17. The second-order valence-corrected chi connectivity index (χ2v) is 8.36. The molecule has 1 amide bonds. The molecule has 1 aliphatic rings. The SMILES string of the molecule is COC(=O)c1ccc2c(=O)n(Cc3ccc(C(=O)N4CCCCCC4)cc3)c(=S)[nH]c2c1. The monoisotopic (exact) mass is 451 g/mol. The molecule has 0 bridgehead atoms. The zero-order valence-electron chi connectivity index (χ0n) is 17.9. The van der Waals surface area contributed by atoms with Crippen molar-refractivity contribution in [3.8, 4) is 0 Å². The minimum Gasteiger partial charge on any atom is -0.465 e. The number of likely N-dealkylation sites (tertiary alicyclic amines) is 1. The number of nitrogens with one attached hydrogen (secondary N) is 1. The third-order valence-electron chi connectivity index (χ3n) is 5.84. The van der Waals surface area contributed by atoms with Crippen LogP contribution in [0.15, 0.2) is 47.3 Å². The first-order valence-corrected chi connectivity index (χ1v) is 11.1. The van der Waals surface area contributed by atoms with Gasteiger partial charge in [0.05, 0.1) is 30.1 Å². The molecule has 3 aromatic rings. The van der Waals surface area contributed by atoms with Gasteiger partial charge in [0.2, 0.25) is 0 Å². The fourth-order valence-electron chi connectivity index (χ4n) is 4.03. The van der Waals surface area contributed by atoms with Crippen molar-refractivity contribution in [2.24, 2.45) is 0 Å². The van der Waals surface area contributed by atoms with Crippen LogP contribution in [0.5, 0.6) is 0 Å². The Kier molecular flexibility index (Phi) is 6.50. The van der Waals surface area contributed by atoms with Crippen molar-refractivity contribution < 1.29 is 14.3 Å². The fraction of sp³-hybridized carbons (Fsp3) is 0.333. The first kappa shape index (κ1) is 22.0. The molecule has 0 saturated carbocycles. The number of methoxy groups -OCH3 is 1. The van der Waals surface area contributed by atoms with Gasteiger partial charge in [-0.3, -0.25) is 14.2 Å². The Morgan fingerprint density at radius 2 is 1.66 bits per heavy atom. The first-order valence-electron chi connectivity index (χ1n) is 10.7. The summed E-state index contributed by atoms with van der Waals surface area (Å²) in [5.41, 5.74) is 2.10. The summed E-state index contributed by atoms with van der Waals surface area (Å²) < 4.78 is 6.46. The van der Waals surface area contributed by atoms with E-state index in [1.807, 2.05) is 29.2 Å². The predicted octanol–water partition coefficient (Wildman–Crippen LogP) is 3.91. The summed E-state index contributed by atoms with van der Waals surface area (Å²) in [5, 5.41) is 0.430. The highest BCUT2D eigenvalue weighted by atomic mass is 32.1. The number of rotatable bonds is 4. The second kappa shape index (κ2) is 9.48. The van der Waals surface area contributed by atoms with Gasteiger partial charge < -0.3 is 14.6 Å². The first-order chi connectivity index (χ1) is 15.5. The second-order valence-electron chi connectivity index (χ2n) is 7.98. The molecule has 32 heavy (non-hydrogen) atoms. The van der Waals surface area contributed by atoms with Crippen molar-refractivity contribution in [2.45, 2.75) is 32.2 Å². The van der Waals surface area contributed by atoms with Gasteiger partial charge >= 0.3 is 5.97 Å². The van der Waals surface area contributed by atoms with Gasteiger partial charge in [-0.2, -0.15) is 0 Å². The van der Waals surface area contributed by atoms with Gasteiger partial charge in [-0.15, -0.1) is 0 Å². The van der Waals surface area contributed by atoms with Crippen molar-refractivity contribution in [1.29, 1.82) is 0 Å². The Hall–Kier alpha value is -3.26. The van der Waals surface area contributed by atoms with Crippen molar-refractivity contribution in [2.75, 3.05) is 20.2 Å². The highest BCUT2D eigenvalue weighted by Crippen LogP contribution is 2.16. The number of fused-ring (bicyclic) bond motifs is 1. The Balaban J connectivity index is 1.58. The summed E-state index contributed by atoms with van der Waals surface area (Å²) in [4.78, 5) is 42.5. The molecule has 1 fully saturated rings. The molecular weight excluding hydrogens is 426 g/mol. The number of H-pyrrole nitrogens is 1. The number of esters is 1. The summed E-state index contributed by atoms with van der Waals surface area (Å²) in [6, 6.07) is 12.0. The Bertz CT molecular complexity index is 1270. The molecule has 0 radical (unpaired) electrons. The van der Waals surface area contributed by atoms with Crippen LogP contribution in [0.4, 0.5) is 0 Å². The van der Waals surface area contributed by atoms with Crippen LogP contribution in [0.2, 0.25) is 0 Å². The van der Waals surface area contributed by atoms with Gasteiger partial charge in [0.15, 0.2) is 4.77 Å². The molecule has 7 nitrogen and oxygen atoms in total. The molecule has 0 atom stereocenters. The van der Waals surface area contributed by atoms with Gasteiger partial charge in [-0.25, -0.2) is 4.79 Å². The third kappa shape index (κ3) is 4.50. The molecule has 2 aromatic carbocycles. The lowest BCUT2D eigenvalue weighted by Crippen LogP contribution is -2.31. The van der Waals surface area contributed by atoms with Gasteiger partial charge in [-0.1, -0.05) is 25.0 Å². The van der Waals surface area contributed by atoms with Gasteiger partial charge in [0, 0.05) is 18.7 Å². The summed E-state index contributed by atoms with van der Waals surface area (Å²) >= 11 is 5.40. The van der Waals surface area contributed by atoms with E-state index in [9.17, 15) is 14.4 Å². The van der Waals surface area contributed by atoms with Crippen molar-refractivity contribution >= 4 is 35.0 Å². The van der Waals surface area contributed by atoms with Crippen LogP contribution in [-0.2, 0) is 11.3 Å². The number of ether oxygens (including phenoxy) is 1. The van der Waals surface area contributed by atoms with E-state index in [2.05, 4.69) is 4.98 Å². The normalized spacial score (nSPS) is 14.2. The lowest BCUT2D eigenvalue weighted by atomic mass is 10.1. The van der Waals surface area contributed by atoms with Crippen molar-refractivity contribution in [3.63, 3.8) is 0 Å². The molecule has 0 spiro atoms. The molecule has 1 aromatic heterocycles. The number of benzene rings is 2. The summed E-state index contributed by atoms with van der Waals surface area (Å²) in [5.74, 6) is -0.426. The predicted molar refractivity (Wildman–Crippen MR) is 125 cm³/mol. The van der Waals surface area contributed by atoms with Crippen LogP contribution in [0, 0.1) is 4.77 Å². The van der Waals surface area contributed by atoms with E-state index in [1.54, 1.807) is 18.2 Å². The summed E-state index contributed by atoms with van der Waals surface area (Å²) in [6.45, 7) is 1.89. The average molecular weight is 452 g/mol. The molecule has 8 heteroatoms. The zero-order valence-corrected chi connectivity index (χ0v) is 18.7. The number of carbonyl (C=O) groups is 2. The Labute approximate surface area is 190 Å². The van der Waals surface area contributed by atoms with Gasteiger partial charge in [0.25, 0.3) is 11.5 Å². The van der Waals surface area contributed by atoms with Gasteiger partial charge in [0.1, 0.15) is 0 Å². The quantitative estimate of drug-likeness (QED) is 0.480. The zero-order chi connectivity index (χ0) is 22.7. The lowest BCUT2D eigenvalue weighted by Gasteiger charge is -2.20. The van der Waals surface area contributed by atoms with Crippen LogP contribution in [0.3, 0.4) is 0 Å². The number of aromatic nitrogens is 2. The van der Waals surface area contributed by atoms with Crippen molar-refractivity contribution in [1.82, 2.24) is 14.5 Å². The number of amides is 1. The lowest BCUT2D eigenvalue weighted by molar-refractivity contribution is 0.0600. The molecule has 1 saturated heterocycles. The summed E-state index contributed by atoms with van der Waals surface area (Å²) in [7, 11) is 1.31. The summed E-state index contributed by atoms with van der Waals surface area (Å²) in [6.07, 6.45) is 4.45. The van der Waals surface area contributed by atoms with E-state index >= 15 is 0 Å². The van der Waals surface area contributed by atoms with E-state index in [1.165, 1.54) is 24.5 Å². The smallest absolute Gasteiger partial charge is 0.337 e. The minimum absolute atomic E-state index is 0.0556. The van der Waals surface area contributed by atoms with Crippen LogP contribution < -0.4 is 5.56 Å². The number of hydrogen-bond acceptors (Lipinski definition) is 5. The highest BCUT2D eigenvalue weighted by molar-refractivity contribution is 7.71. The molecule has 1 aliphatic heterocycles. The number of carbonyl (C=O) groups excluding carboxylic acids is 2. The van der Waals surface area contributed by atoms with Crippen LogP contribution in [-0.4, -0.2) is 46.5 Å². The molecule has 4 rings (SSSR count). The molecule has 1 N–H and O–H groups in total. The average Bonchev–Trinajstić information content (AvgIpc) is 3.10. The third-order valence-corrected chi connectivity index (χ3v) is 6.16. The molecule has 0 unspecified atom stereocenters. The fourth-order valence-corrected chi connectivity index (χ4v) is 4.29.